The first-order chi connectivity index (χ1) is 9.66. The predicted octanol–water partition coefficient (Wildman–Crippen LogP) is 1.37. The zero-order valence-corrected chi connectivity index (χ0v) is 11.6. The van der Waals surface area contributed by atoms with Crippen molar-refractivity contribution < 1.29 is 9.53 Å². The number of carbonyl (C=O) groups is 1. The van der Waals surface area contributed by atoms with E-state index in [4.69, 9.17) is 4.74 Å². The highest BCUT2D eigenvalue weighted by atomic mass is 16.5. The van der Waals surface area contributed by atoms with Crippen LogP contribution in [0.15, 0.2) is 36.7 Å². The van der Waals surface area contributed by atoms with Gasteiger partial charge in [0.15, 0.2) is 0 Å². The summed E-state index contributed by atoms with van der Waals surface area (Å²) in [6, 6.07) is 9.77. The average molecular weight is 274 g/mol. The van der Waals surface area contributed by atoms with Crippen LogP contribution in [0.3, 0.4) is 0 Å². The van der Waals surface area contributed by atoms with Crippen LogP contribution in [-0.2, 0) is 22.7 Å². The molecular formula is C14H18N4O2. The van der Waals surface area contributed by atoms with Crippen molar-refractivity contribution in [2.45, 2.75) is 26.2 Å². The number of benzene rings is 1. The number of aromatic nitrogens is 3. The van der Waals surface area contributed by atoms with Gasteiger partial charge in [0.25, 0.3) is 5.91 Å². The number of hydrogen-bond donors (Lipinski definition) is 1. The van der Waals surface area contributed by atoms with E-state index >= 15 is 0 Å². The molecule has 1 heterocycles. The first-order valence-electron chi connectivity index (χ1n) is 6.41. The summed E-state index contributed by atoms with van der Waals surface area (Å²) in [7, 11) is 1.72. The SMILES string of the molecule is CC(OCc1ccccc1)C(=O)N(C)Cc1ncn[nH]1. The first kappa shape index (κ1) is 14.2. The molecule has 0 spiro atoms. The van der Waals surface area contributed by atoms with Gasteiger partial charge in [0.2, 0.25) is 0 Å². The summed E-state index contributed by atoms with van der Waals surface area (Å²) in [5.74, 6) is 0.563. The standard InChI is InChI=1S/C14H18N4O2/c1-11(20-9-12-6-4-3-5-7-12)14(19)18(2)8-13-15-10-16-17-13/h3-7,10-11H,8-9H2,1-2H3,(H,15,16,17). The largest absolute Gasteiger partial charge is 0.364 e. The van der Waals surface area contributed by atoms with Crippen LogP contribution in [0.25, 0.3) is 0 Å². The van der Waals surface area contributed by atoms with Gasteiger partial charge in [-0.25, -0.2) is 4.98 Å². The van der Waals surface area contributed by atoms with Crippen molar-refractivity contribution in [3.05, 3.63) is 48.0 Å². The molecule has 0 aliphatic heterocycles. The monoisotopic (exact) mass is 274 g/mol. The van der Waals surface area contributed by atoms with Crippen LogP contribution in [0.1, 0.15) is 18.3 Å². The number of carbonyl (C=O) groups excluding carboxylic acids is 1. The highest BCUT2D eigenvalue weighted by Crippen LogP contribution is 2.06. The van der Waals surface area contributed by atoms with Gasteiger partial charge < -0.3 is 9.64 Å². The van der Waals surface area contributed by atoms with Crippen molar-refractivity contribution in [1.29, 1.82) is 0 Å². The van der Waals surface area contributed by atoms with E-state index in [1.165, 1.54) is 6.33 Å². The number of hydrogen-bond acceptors (Lipinski definition) is 4. The second-order valence-electron chi connectivity index (χ2n) is 4.57. The summed E-state index contributed by atoms with van der Waals surface area (Å²) in [4.78, 5) is 17.7. The molecule has 0 bridgehead atoms. The van der Waals surface area contributed by atoms with E-state index in [1.54, 1.807) is 18.9 Å². The van der Waals surface area contributed by atoms with Gasteiger partial charge in [0.05, 0.1) is 13.2 Å². The number of aromatic amines is 1. The molecule has 2 aromatic rings. The highest BCUT2D eigenvalue weighted by molar-refractivity contribution is 5.80. The minimum atomic E-state index is -0.497. The Morgan fingerprint density at radius 2 is 2.15 bits per heavy atom. The van der Waals surface area contributed by atoms with Crippen LogP contribution < -0.4 is 0 Å². The normalized spacial score (nSPS) is 12.1. The Hall–Kier alpha value is -2.21. The van der Waals surface area contributed by atoms with Crippen LogP contribution in [0.4, 0.5) is 0 Å². The number of likely N-dealkylation sites (N-methyl/N-ethyl adjacent to an activating group) is 1. The van der Waals surface area contributed by atoms with Crippen molar-refractivity contribution in [2.75, 3.05) is 7.05 Å². The van der Waals surface area contributed by atoms with Crippen LogP contribution in [0.5, 0.6) is 0 Å². The van der Waals surface area contributed by atoms with Crippen molar-refractivity contribution in [2.24, 2.45) is 0 Å². The molecule has 6 heteroatoms. The molecule has 1 amide bonds. The van der Waals surface area contributed by atoms with Gasteiger partial charge in [-0.2, -0.15) is 5.10 Å². The summed E-state index contributed by atoms with van der Waals surface area (Å²) in [5.41, 5.74) is 1.05. The molecule has 0 saturated heterocycles. The Balaban J connectivity index is 1.82. The molecule has 1 aromatic carbocycles. The van der Waals surface area contributed by atoms with E-state index in [0.717, 1.165) is 5.56 Å². The third-order valence-corrected chi connectivity index (χ3v) is 2.92. The van der Waals surface area contributed by atoms with E-state index in [0.29, 0.717) is 19.0 Å². The van der Waals surface area contributed by atoms with Gasteiger partial charge in [-0.1, -0.05) is 30.3 Å². The summed E-state index contributed by atoms with van der Waals surface area (Å²) < 4.78 is 5.59. The Morgan fingerprint density at radius 1 is 1.40 bits per heavy atom. The topological polar surface area (TPSA) is 71.1 Å². The van der Waals surface area contributed by atoms with Crippen LogP contribution in [-0.4, -0.2) is 39.1 Å². The number of rotatable bonds is 6. The van der Waals surface area contributed by atoms with Crippen molar-refractivity contribution in [1.82, 2.24) is 20.1 Å². The van der Waals surface area contributed by atoms with Gasteiger partial charge in [-0.05, 0) is 12.5 Å². The Kier molecular flexibility index (Phi) is 4.84. The molecule has 2 rings (SSSR count). The fourth-order valence-electron chi connectivity index (χ4n) is 1.79. The molecule has 0 saturated carbocycles. The molecule has 0 fully saturated rings. The molecule has 1 N–H and O–H groups in total. The van der Waals surface area contributed by atoms with Crippen LogP contribution in [0, 0.1) is 0 Å². The number of nitrogens with one attached hydrogen (secondary N) is 1. The molecule has 0 aliphatic carbocycles. The second-order valence-corrected chi connectivity index (χ2v) is 4.57. The first-order valence-corrected chi connectivity index (χ1v) is 6.41. The van der Waals surface area contributed by atoms with Gasteiger partial charge in [0.1, 0.15) is 18.3 Å². The Morgan fingerprint density at radius 3 is 2.80 bits per heavy atom. The smallest absolute Gasteiger partial charge is 0.251 e. The lowest BCUT2D eigenvalue weighted by atomic mass is 10.2. The van der Waals surface area contributed by atoms with Crippen LogP contribution in [0.2, 0.25) is 0 Å². The van der Waals surface area contributed by atoms with Crippen molar-refractivity contribution in [3.8, 4) is 0 Å². The molecular weight excluding hydrogens is 256 g/mol. The lowest BCUT2D eigenvalue weighted by Crippen LogP contribution is -2.36. The zero-order chi connectivity index (χ0) is 14.4. The molecule has 6 nitrogen and oxygen atoms in total. The molecule has 1 unspecified atom stereocenters. The van der Waals surface area contributed by atoms with Crippen molar-refractivity contribution >= 4 is 5.91 Å². The molecule has 20 heavy (non-hydrogen) atoms. The van der Waals surface area contributed by atoms with E-state index < -0.39 is 6.10 Å². The van der Waals surface area contributed by atoms with E-state index in [1.807, 2.05) is 30.3 Å². The van der Waals surface area contributed by atoms with Gasteiger partial charge >= 0.3 is 0 Å². The maximum absolute atomic E-state index is 12.1. The number of nitrogens with zero attached hydrogens (tertiary/aromatic N) is 3. The third kappa shape index (κ3) is 3.89. The molecule has 1 aromatic heterocycles. The summed E-state index contributed by atoms with van der Waals surface area (Å²) in [6.45, 7) is 2.56. The van der Waals surface area contributed by atoms with E-state index in [2.05, 4.69) is 15.2 Å². The number of amides is 1. The average Bonchev–Trinajstić information content (AvgIpc) is 2.98. The van der Waals surface area contributed by atoms with E-state index in [9.17, 15) is 4.79 Å². The lowest BCUT2D eigenvalue weighted by Gasteiger charge is -2.20. The molecule has 106 valence electrons. The second kappa shape index (κ2) is 6.81. The lowest BCUT2D eigenvalue weighted by molar-refractivity contribution is -0.142. The van der Waals surface area contributed by atoms with Crippen LogP contribution >= 0.6 is 0 Å². The quantitative estimate of drug-likeness (QED) is 0.863. The molecule has 0 aliphatic rings. The Bertz CT molecular complexity index is 527. The number of H-pyrrole nitrogens is 1. The van der Waals surface area contributed by atoms with Gasteiger partial charge in [-0.15, -0.1) is 0 Å². The van der Waals surface area contributed by atoms with Gasteiger partial charge in [-0.3, -0.25) is 9.89 Å². The maximum atomic E-state index is 12.1. The minimum Gasteiger partial charge on any atom is -0.364 e. The summed E-state index contributed by atoms with van der Waals surface area (Å²) >= 11 is 0. The third-order valence-electron chi connectivity index (χ3n) is 2.92. The summed E-state index contributed by atoms with van der Waals surface area (Å²) in [6.07, 6.45) is 0.923. The predicted molar refractivity (Wildman–Crippen MR) is 73.5 cm³/mol. The summed E-state index contributed by atoms with van der Waals surface area (Å²) in [5, 5.41) is 6.47. The highest BCUT2D eigenvalue weighted by Gasteiger charge is 2.18. The molecule has 1 atom stereocenters. The Labute approximate surface area is 117 Å². The van der Waals surface area contributed by atoms with Gasteiger partial charge in [0, 0.05) is 7.05 Å². The fraction of sp³-hybridized carbons (Fsp3) is 0.357. The van der Waals surface area contributed by atoms with E-state index in [-0.39, 0.29) is 5.91 Å². The minimum absolute atomic E-state index is 0.0858. The zero-order valence-electron chi connectivity index (χ0n) is 11.6. The number of ether oxygens (including phenoxy) is 1. The van der Waals surface area contributed by atoms with Crippen molar-refractivity contribution in [3.63, 3.8) is 0 Å². The molecule has 0 radical (unpaired) electrons. The maximum Gasteiger partial charge on any atom is 0.251 e. The fourth-order valence-corrected chi connectivity index (χ4v) is 1.79.